The molecule has 1 unspecified atom stereocenters. The molecule has 2 aromatic heterocycles. The predicted octanol–water partition coefficient (Wildman–Crippen LogP) is 1.70. The number of hydrogen-bond acceptors (Lipinski definition) is 5. The van der Waals surface area contributed by atoms with Crippen LogP contribution in [0.2, 0.25) is 0 Å². The van der Waals surface area contributed by atoms with Gasteiger partial charge in [-0.05, 0) is 6.07 Å². The fourth-order valence-corrected chi connectivity index (χ4v) is 2.51. The highest BCUT2D eigenvalue weighted by molar-refractivity contribution is 6.99. The molecule has 3 rings (SSSR count). The van der Waals surface area contributed by atoms with Crippen molar-refractivity contribution in [3.8, 4) is 0 Å². The summed E-state index contributed by atoms with van der Waals surface area (Å²) in [6.07, 6.45) is 1.40. The highest BCUT2D eigenvalue weighted by Crippen LogP contribution is 2.22. The van der Waals surface area contributed by atoms with Gasteiger partial charge in [-0.2, -0.15) is 13.8 Å². The molecular weight excluding hydrogens is 248 g/mol. The molecule has 2 heterocycles. The van der Waals surface area contributed by atoms with Gasteiger partial charge in [0.1, 0.15) is 11.8 Å². The van der Waals surface area contributed by atoms with Crippen molar-refractivity contribution in [1.82, 2.24) is 18.5 Å². The Morgan fingerprint density at radius 2 is 2.22 bits per heavy atom. The molecule has 0 amide bonds. The molecule has 0 aliphatic heterocycles. The Bertz CT molecular complexity index is 662. The summed E-state index contributed by atoms with van der Waals surface area (Å²) in [5.74, 6) is 0. The van der Waals surface area contributed by atoms with Gasteiger partial charge in [0.2, 0.25) is 0 Å². The first kappa shape index (κ1) is 11.3. The van der Waals surface area contributed by atoms with E-state index in [9.17, 15) is 5.11 Å². The van der Waals surface area contributed by atoms with Crippen molar-refractivity contribution in [2.75, 3.05) is 0 Å². The van der Waals surface area contributed by atoms with Crippen molar-refractivity contribution >= 4 is 22.6 Å². The highest BCUT2D eigenvalue weighted by Gasteiger charge is 2.16. The van der Waals surface area contributed by atoms with Crippen LogP contribution >= 0.6 is 11.7 Å². The Balaban J connectivity index is 1.96. The molecule has 18 heavy (non-hydrogen) atoms. The van der Waals surface area contributed by atoms with Gasteiger partial charge < -0.3 is 5.11 Å². The van der Waals surface area contributed by atoms with Crippen molar-refractivity contribution in [2.24, 2.45) is 7.05 Å². The number of aliphatic hydroxyl groups is 1. The normalized spacial score (nSPS) is 13.0. The zero-order valence-electron chi connectivity index (χ0n) is 9.82. The highest BCUT2D eigenvalue weighted by atomic mass is 32.1. The largest absolute Gasteiger partial charge is 0.386 e. The lowest BCUT2D eigenvalue weighted by Crippen LogP contribution is -2.03. The molecule has 1 atom stereocenters. The minimum absolute atomic E-state index is 0.451. The summed E-state index contributed by atoms with van der Waals surface area (Å²) in [7, 11) is 1.91. The number of fused-ring (bicyclic) bond motifs is 1. The summed E-state index contributed by atoms with van der Waals surface area (Å²) in [6, 6.07) is 7.99. The van der Waals surface area contributed by atoms with Crippen LogP contribution in [0.25, 0.3) is 10.9 Å². The number of aryl methyl sites for hydroxylation is 1. The maximum Gasteiger partial charge on any atom is 0.104 e. The third-order valence-corrected chi connectivity index (χ3v) is 3.43. The quantitative estimate of drug-likeness (QED) is 0.778. The van der Waals surface area contributed by atoms with E-state index in [0.717, 1.165) is 28.3 Å². The summed E-state index contributed by atoms with van der Waals surface area (Å²) in [5.41, 5.74) is 2.56. The first-order valence-electron chi connectivity index (χ1n) is 5.62. The van der Waals surface area contributed by atoms with Crippen molar-refractivity contribution in [2.45, 2.75) is 12.5 Å². The Morgan fingerprint density at radius 3 is 3.00 bits per heavy atom. The monoisotopic (exact) mass is 260 g/mol. The average molecular weight is 260 g/mol. The molecule has 92 valence electrons. The van der Waals surface area contributed by atoms with Gasteiger partial charge in [0.15, 0.2) is 0 Å². The third kappa shape index (κ3) is 1.89. The van der Waals surface area contributed by atoms with E-state index >= 15 is 0 Å². The van der Waals surface area contributed by atoms with Crippen LogP contribution in [-0.4, -0.2) is 23.6 Å². The van der Waals surface area contributed by atoms with E-state index in [2.05, 4.69) is 13.8 Å². The third-order valence-electron chi connectivity index (χ3n) is 2.94. The van der Waals surface area contributed by atoms with Crippen LogP contribution in [0.3, 0.4) is 0 Å². The number of para-hydroxylation sites is 1. The lowest BCUT2D eigenvalue weighted by Gasteiger charge is -2.04. The maximum absolute atomic E-state index is 10.1. The van der Waals surface area contributed by atoms with Gasteiger partial charge in [-0.3, -0.25) is 4.68 Å². The van der Waals surface area contributed by atoms with Gasteiger partial charge in [0, 0.05) is 18.9 Å². The summed E-state index contributed by atoms with van der Waals surface area (Å²) in [4.78, 5) is 0. The fraction of sp³-hybridized carbons (Fsp3) is 0.250. The van der Waals surface area contributed by atoms with E-state index in [1.807, 2.05) is 36.0 Å². The standard InChI is InChI=1S/C12H12N4OS/c1-16-11-5-3-2-4-8(11)9(14-16)6-12(17)10-7-13-18-15-10/h2-5,7,12,17H,6H2,1H3. The van der Waals surface area contributed by atoms with Crippen LogP contribution in [0.5, 0.6) is 0 Å². The van der Waals surface area contributed by atoms with Crippen molar-refractivity contribution in [3.63, 3.8) is 0 Å². The second kappa shape index (κ2) is 4.47. The second-order valence-corrected chi connectivity index (χ2v) is 4.70. The SMILES string of the molecule is Cn1nc(CC(O)c2cnsn2)c2ccccc21. The van der Waals surface area contributed by atoms with E-state index in [1.165, 1.54) is 0 Å². The van der Waals surface area contributed by atoms with E-state index < -0.39 is 6.10 Å². The van der Waals surface area contributed by atoms with Crippen molar-refractivity contribution in [3.05, 3.63) is 41.9 Å². The van der Waals surface area contributed by atoms with E-state index in [1.54, 1.807) is 6.20 Å². The molecule has 0 saturated carbocycles. The van der Waals surface area contributed by atoms with Gasteiger partial charge in [-0.15, -0.1) is 0 Å². The minimum atomic E-state index is -0.651. The Morgan fingerprint density at radius 1 is 1.39 bits per heavy atom. The molecule has 0 bridgehead atoms. The summed E-state index contributed by atoms with van der Waals surface area (Å²) in [6.45, 7) is 0. The first-order valence-corrected chi connectivity index (χ1v) is 6.35. The van der Waals surface area contributed by atoms with Crippen molar-refractivity contribution < 1.29 is 5.11 Å². The molecule has 0 aliphatic rings. The summed E-state index contributed by atoms with van der Waals surface area (Å²) < 4.78 is 9.77. The lowest BCUT2D eigenvalue weighted by atomic mass is 10.1. The zero-order chi connectivity index (χ0) is 12.5. The lowest BCUT2D eigenvalue weighted by molar-refractivity contribution is 0.173. The van der Waals surface area contributed by atoms with Crippen LogP contribution in [-0.2, 0) is 13.5 Å². The molecule has 6 heteroatoms. The molecular formula is C12H12N4OS. The number of rotatable bonds is 3. The molecule has 0 aliphatic carbocycles. The zero-order valence-corrected chi connectivity index (χ0v) is 10.6. The van der Waals surface area contributed by atoms with Gasteiger partial charge in [-0.1, -0.05) is 18.2 Å². The first-order chi connectivity index (χ1) is 8.75. The van der Waals surface area contributed by atoms with Gasteiger partial charge in [-0.25, -0.2) is 0 Å². The van der Waals surface area contributed by atoms with Gasteiger partial charge in [0.05, 0.1) is 29.1 Å². The Hall–Kier alpha value is -1.79. The number of aromatic nitrogens is 4. The molecule has 0 saturated heterocycles. The molecule has 1 aromatic carbocycles. The summed E-state index contributed by atoms with van der Waals surface area (Å²) in [5, 5.41) is 15.6. The number of aliphatic hydroxyl groups excluding tert-OH is 1. The minimum Gasteiger partial charge on any atom is -0.386 e. The second-order valence-electron chi connectivity index (χ2n) is 4.14. The Kier molecular flexibility index (Phi) is 2.81. The molecule has 0 fully saturated rings. The molecule has 1 N–H and O–H groups in total. The topological polar surface area (TPSA) is 63.8 Å². The average Bonchev–Trinajstić information content (AvgIpc) is 3.00. The van der Waals surface area contributed by atoms with Crippen LogP contribution in [0.15, 0.2) is 30.5 Å². The van der Waals surface area contributed by atoms with E-state index in [-0.39, 0.29) is 0 Å². The van der Waals surface area contributed by atoms with E-state index in [4.69, 9.17) is 0 Å². The van der Waals surface area contributed by atoms with Crippen LogP contribution < -0.4 is 0 Å². The van der Waals surface area contributed by atoms with Crippen LogP contribution in [0.1, 0.15) is 17.5 Å². The molecule has 5 nitrogen and oxygen atoms in total. The van der Waals surface area contributed by atoms with Gasteiger partial charge >= 0.3 is 0 Å². The van der Waals surface area contributed by atoms with Crippen molar-refractivity contribution in [1.29, 1.82) is 0 Å². The maximum atomic E-state index is 10.1. The van der Waals surface area contributed by atoms with Crippen LogP contribution in [0.4, 0.5) is 0 Å². The summed E-state index contributed by atoms with van der Waals surface area (Å²) >= 11 is 1.10. The fourth-order valence-electron chi connectivity index (χ4n) is 2.05. The number of benzene rings is 1. The molecule has 0 radical (unpaired) electrons. The number of hydrogen-bond donors (Lipinski definition) is 1. The molecule has 0 spiro atoms. The predicted molar refractivity (Wildman–Crippen MR) is 69.3 cm³/mol. The van der Waals surface area contributed by atoms with Crippen LogP contribution in [0, 0.1) is 0 Å². The van der Waals surface area contributed by atoms with Gasteiger partial charge in [0.25, 0.3) is 0 Å². The number of nitrogens with zero attached hydrogens (tertiary/aromatic N) is 4. The Labute approximate surface area is 108 Å². The molecule has 3 aromatic rings. The van der Waals surface area contributed by atoms with E-state index in [0.29, 0.717) is 12.1 Å². The smallest absolute Gasteiger partial charge is 0.104 e.